The van der Waals surface area contributed by atoms with Crippen molar-refractivity contribution in [2.45, 2.75) is 39.2 Å². The van der Waals surface area contributed by atoms with Crippen LogP contribution in [0.25, 0.3) is 0 Å². The number of aliphatic hydroxyl groups excluding tert-OH is 1. The average molecular weight is 599 g/mol. The van der Waals surface area contributed by atoms with E-state index >= 15 is 0 Å². The summed E-state index contributed by atoms with van der Waals surface area (Å²) in [6.07, 6.45) is 2.79. The summed E-state index contributed by atoms with van der Waals surface area (Å²) >= 11 is 0. The molecule has 1 aliphatic heterocycles. The first-order valence-corrected chi connectivity index (χ1v) is 15.4. The number of aromatic hydroxyl groups is 2. The van der Waals surface area contributed by atoms with Gasteiger partial charge in [-0.15, -0.1) is 0 Å². The van der Waals surface area contributed by atoms with Gasteiger partial charge in [0.05, 0.1) is 26.9 Å². The molecule has 44 heavy (non-hydrogen) atoms. The number of hydrogen-bond donors (Lipinski definition) is 3. The third kappa shape index (κ3) is 8.77. The van der Waals surface area contributed by atoms with E-state index in [-0.39, 0.29) is 36.0 Å². The van der Waals surface area contributed by atoms with Crippen LogP contribution < -0.4 is 9.47 Å². The maximum Gasteiger partial charge on any atom is 0.160 e. The summed E-state index contributed by atoms with van der Waals surface area (Å²) in [6.45, 7) is 5.23. The highest BCUT2D eigenvalue weighted by molar-refractivity contribution is 5.43. The van der Waals surface area contributed by atoms with E-state index in [4.69, 9.17) is 14.2 Å². The summed E-state index contributed by atoms with van der Waals surface area (Å²) in [6, 6.07) is 32.0. The van der Waals surface area contributed by atoms with Crippen molar-refractivity contribution in [3.8, 4) is 23.0 Å². The number of ether oxygens (including phenoxy) is 3. The van der Waals surface area contributed by atoms with Crippen molar-refractivity contribution in [3.05, 3.63) is 119 Å². The van der Waals surface area contributed by atoms with E-state index in [0.29, 0.717) is 36.4 Å². The van der Waals surface area contributed by atoms with Gasteiger partial charge >= 0.3 is 0 Å². The van der Waals surface area contributed by atoms with Gasteiger partial charge in [-0.25, -0.2) is 0 Å². The second kappa shape index (κ2) is 16.2. The van der Waals surface area contributed by atoms with Crippen LogP contribution in [-0.2, 0) is 24.0 Å². The van der Waals surface area contributed by atoms with Crippen molar-refractivity contribution in [2.75, 3.05) is 27.4 Å². The lowest BCUT2D eigenvalue weighted by molar-refractivity contribution is 0.0717. The second-order valence-electron chi connectivity index (χ2n) is 11.8. The largest absolute Gasteiger partial charge is 0.504 e. The molecule has 0 radical (unpaired) electrons. The molecule has 3 N–H and O–H groups in total. The van der Waals surface area contributed by atoms with Gasteiger partial charge < -0.3 is 29.5 Å². The highest BCUT2D eigenvalue weighted by atomic mass is 16.5. The smallest absolute Gasteiger partial charge is 0.160 e. The van der Waals surface area contributed by atoms with Crippen LogP contribution in [0.1, 0.15) is 42.2 Å². The molecule has 5 atom stereocenters. The molecule has 234 valence electrons. The van der Waals surface area contributed by atoms with Gasteiger partial charge in [0.1, 0.15) is 0 Å². The Kier molecular flexibility index (Phi) is 12.1. The third-order valence-electron chi connectivity index (χ3n) is 8.74. The zero-order valence-electron chi connectivity index (χ0n) is 26.2. The molecule has 0 aliphatic carbocycles. The minimum atomic E-state index is -0.265. The van der Waals surface area contributed by atoms with Crippen molar-refractivity contribution in [1.29, 1.82) is 0 Å². The summed E-state index contributed by atoms with van der Waals surface area (Å²) < 4.78 is 16.3. The number of rotatable bonds is 11. The monoisotopic (exact) mass is 598 g/mol. The lowest BCUT2D eigenvalue weighted by atomic mass is 9.84. The topological polar surface area (TPSA) is 88.4 Å². The molecule has 0 amide bonds. The Morgan fingerprint density at radius 3 is 1.75 bits per heavy atom. The van der Waals surface area contributed by atoms with Gasteiger partial charge in [-0.2, -0.15) is 0 Å². The molecule has 0 aromatic heterocycles. The van der Waals surface area contributed by atoms with E-state index in [2.05, 4.69) is 74.5 Å². The van der Waals surface area contributed by atoms with E-state index in [1.807, 2.05) is 6.07 Å². The predicted octanol–water partition coefficient (Wildman–Crippen LogP) is 7.40. The van der Waals surface area contributed by atoms with E-state index < -0.39 is 0 Å². The lowest BCUT2D eigenvalue weighted by Gasteiger charge is -2.22. The minimum Gasteiger partial charge on any atom is -0.504 e. The van der Waals surface area contributed by atoms with Crippen molar-refractivity contribution in [1.82, 2.24) is 0 Å². The van der Waals surface area contributed by atoms with Gasteiger partial charge in [-0.05, 0) is 83.5 Å². The molecule has 6 heteroatoms. The van der Waals surface area contributed by atoms with Gasteiger partial charge in [-0.1, -0.05) is 86.6 Å². The molecule has 5 rings (SSSR count). The van der Waals surface area contributed by atoms with Crippen LogP contribution in [0.15, 0.2) is 97.1 Å². The van der Waals surface area contributed by atoms with Gasteiger partial charge in [0, 0.05) is 12.5 Å². The zero-order valence-corrected chi connectivity index (χ0v) is 26.2. The first-order valence-electron chi connectivity index (χ1n) is 15.4. The fourth-order valence-electron chi connectivity index (χ4n) is 5.92. The van der Waals surface area contributed by atoms with Gasteiger partial charge in [0.15, 0.2) is 23.0 Å². The van der Waals surface area contributed by atoms with E-state index in [1.54, 1.807) is 30.3 Å². The Bertz CT molecular complexity index is 1380. The highest BCUT2D eigenvalue weighted by Crippen LogP contribution is 2.42. The number of aliphatic hydroxyl groups is 1. The van der Waals surface area contributed by atoms with Crippen molar-refractivity contribution in [3.63, 3.8) is 0 Å². The van der Waals surface area contributed by atoms with Gasteiger partial charge in [0.2, 0.25) is 0 Å². The Morgan fingerprint density at radius 1 is 0.705 bits per heavy atom. The fraction of sp³-hybridized carbons (Fsp3) is 0.368. The number of phenols is 2. The standard InChI is InChI=1S/C20H24O6.C18H22/c1-24-18-8-12(3-5-16(18)22)7-14-11-26-20(15(14)10-21)13-4-6-17(23)19(9-13)25-2;1-15(13-17-9-5-3-6-10-17)16(2)14-18-11-7-4-8-12-18/h3-6,8-9,14-15,20-23H,7,10-11H2,1-2H3;3-12,15-16H,13-14H2,1-2H3/t14-,15-,20+;/m0./s1. The molecule has 0 saturated carbocycles. The molecule has 1 fully saturated rings. The molecular weight excluding hydrogens is 552 g/mol. The Balaban J connectivity index is 0.000000215. The maximum atomic E-state index is 9.95. The Hall–Kier alpha value is -4.00. The molecule has 4 aromatic carbocycles. The van der Waals surface area contributed by atoms with Crippen molar-refractivity contribution >= 4 is 0 Å². The first-order chi connectivity index (χ1) is 21.3. The normalized spacial score (nSPS) is 19.0. The fourth-order valence-corrected chi connectivity index (χ4v) is 5.92. The Labute approximate surface area is 261 Å². The summed E-state index contributed by atoms with van der Waals surface area (Å²) in [5.74, 6) is 2.47. The van der Waals surface area contributed by atoms with Gasteiger partial charge in [0.25, 0.3) is 0 Å². The molecule has 4 aromatic rings. The zero-order chi connectivity index (χ0) is 31.5. The number of hydrogen-bond acceptors (Lipinski definition) is 6. The second-order valence-corrected chi connectivity index (χ2v) is 11.8. The highest BCUT2D eigenvalue weighted by Gasteiger charge is 2.38. The molecule has 2 unspecified atom stereocenters. The minimum absolute atomic E-state index is 0.00621. The van der Waals surface area contributed by atoms with E-state index in [1.165, 1.54) is 38.2 Å². The van der Waals surface area contributed by atoms with Crippen LogP contribution in [0.3, 0.4) is 0 Å². The summed E-state index contributed by atoms with van der Waals surface area (Å²) in [5.41, 5.74) is 4.77. The summed E-state index contributed by atoms with van der Waals surface area (Å²) in [5, 5.41) is 29.5. The summed E-state index contributed by atoms with van der Waals surface area (Å²) in [7, 11) is 3.02. The SMILES string of the molecule is CC(Cc1ccccc1)C(C)Cc1ccccc1.COc1cc(C[C@H]2CO[C@H](c3ccc(O)c(OC)c3)[C@H]2CO)ccc1O. The van der Waals surface area contributed by atoms with E-state index in [9.17, 15) is 15.3 Å². The third-order valence-corrected chi connectivity index (χ3v) is 8.74. The van der Waals surface area contributed by atoms with Crippen LogP contribution in [0.2, 0.25) is 0 Å². The number of benzene rings is 4. The van der Waals surface area contributed by atoms with Crippen LogP contribution >= 0.6 is 0 Å². The lowest BCUT2D eigenvalue weighted by Crippen LogP contribution is -2.21. The molecule has 1 saturated heterocycles. The van der Waals surface area contributed by atoms with Crippen molar-refractivity contribution < 1.29 is 29.5 Å². The Morgan fingerprint density at radius 2 is 1.23 bits per heavy atom. The van der Waals surface area contributed by atoms with Gasteiger partial charge in [-0.3, -0.25) is 0 Å². The number of methoxy groups -OCH3 is 2. The molecule has 1 heterocycles. The first kappa shape index (κ1) is 32.9. The molecule has 0 spiro atoms. The molecule has 1 aliphatic rings. The summed E-state index contributed by atoms with van der Waals surface area (Å²) in [4.78, 5) is 0. The predicted molar refractivity (Wildman–Crippen MR) is 174 cm³/mol. The molecule has 0 bridgehead atoms. The van der Waals surface area contributed by atoms with Crippen molar-refractivity contribution in [2.24, 2.45) is 23.7 Å². The van der Waals surface area contributed by atoms with Crippen LogP contribution in [0.4, 0.5) is 0 Å². The quantitative estimate of drug-likeness (QED) is 0.167. The van der Waals surface area contributed by atoms with Crippen LogP contribution in [0, 0.1) is 23.7 Å². The molecule has 6 nitrogen and oxygen atoms in total. The van der Waals surface area contributed by atoms with Crippen LogP contribution in [0.5, 0.6) is 23.0 Å². The molecular formula is C38H46O6. The average Bonchev–Trinajstić information content (AvgIpc) is 3.45. The maximum absolute atomic E-state index is 9.95. The van der Waals surface area contributed by atoms with E-state index in [0.717, 1.165) is 11.1 Å². The van der Waals surface area contributed by atoms with Crippen LogP contribution in [-0.4, -0.2) is 42.8 Å². The number of phenolic OH excluding ortho intramolecular Hbond substituents is 2.